The smallest absolute Gasteiger partial charge is 0.270 e. The minimum absolute atomic E-state index is 0.0105. The van der Waals surface area contributed by atoms with Crippen LogP contribution in [0.5, 0.6) is 0 Å². The molecule has 0 unspecified atom stereocenters. The lowest BCUT2D eigenvalue weighted by atomic mass is 10.2. The van der Waals surface area contributed by atoms with E-state index in [1.54, 1.807) is 30.2 Å². The van der Waals surface area contributed by atoms with Crippen molar-refractivity contribution in [2.45, 2.75) is 6.42 Å². The van der Waals surface area contributed by atoms with Crippen LogP contribution in [-0.4, -0.2) is 79.5 Å². The molecule has 0 aliphatic carbocycles. The Morgan fingerprint density at radius 1 is 1.29 bits per heavy atom. The quantitative estimate of drug-likeness (QED) is 0.291. The summed E-state index contributed by atoms with van der Waals surface area (Å²) >= 11 is 0. The van der Waals surface area contributed by atoms with Gasteiger partial charge in [-0.25, -0.2) is 0 Å². The number of carbonyl (C=O) groups is 2. The summed E-state index contributed by atoms with van der Waals surface area (Å²) in [7, 11) is 1.63. The second-order valence-corrected chi connectivity index (χ2v) is 6.48. The molecule has 9 heteroatoms. The molecule has 1 aromatic carbocycles. The number of amides is 2. The zero-order chi connectivity index (χ0) is 20.4. The molecule has 2 amide bonds. The Balaban J connectivity index is 1.75. The third-order valence-electron chi connectivity index (χ3n) is 4.40. The Hall–Kier alpha value is -2.78. The molecule has 1 aliphatic rings. The maximum absolute atomic E-state index is 12.3. The van der Waals surface area contributed by atoms with Gasteiger partial charge in [0.05, 0.1) is 11.5 Å². The number of hydrogen-bond acceptors (Lipinski definition) is 6. The molecule has 0 atom stereocenters. The summed E-state index contributed by atoms with van der Waals surface area (Å²) < 4.78 is 4.94. The van der Waals surface area contributed by atoms with Crippen LogP contribution in [0, 0.1) is 10.1 Å². The third kappa shape index (κ3) is 7.09. The topological polar surface area (TPSA) is 105 Å². The summed E-state index contributed by atoms with van der Waals surface area (Å²) in [6.07, 6.45) is 3.79. The molecule has 1 aliphatic heterocycles. The average Bonchev–Trinajstić information content (AvgIpc) is 2.70. The molecule has 0 spiro atoms. The van der Waals surface area contributed by atoms with E-state index in [2.05, 4.69) is 5.32 Å². The Kier molecular flexibility index (Phi) is 8.57. The largest absolute Gasteiger partial charge is 0.385 e. The van der Waals surface area contributed by atoms with Crippen molar-refractivity contribution >= 4 is 23.6 Å². The first kappa shape index (κ1) is 21.5. The molecule has 28 heavy (non-hydrogen) atoms. The zero-order valence-electron chi connectivity index (χ0n) is 16.0. The fourth-order valence-corrected chi connectivity index (χ4v) is 2.84. The maximum atomic E-state index is 12.3. The molecule has 9 nitrogen and oxygen atoms in total. The van der Waals surface area contributed by atoms with Crippen molar-refractivity contribution < 1.29 is 19.2 Å². The van der Waals surface area contributed by atoms with Crippen LogP contribution in [0.15, 0.2) is 30.3 Å². The number of nitrogens with one attached hydrogen (secondary N) is 1. The molecular formula is C19H26N4O5. The van der Waals surface area contributed by atoms with Crippen molar-refractivity contribution in [3.63, 3.8) is 0 Å². The number of nitro benzene ring substituents is 1. The van der Waals surface area contributed by atoms with Gasteiger partial charge < -0.3 is 15.0 Å². The minimum Gasteiger partial charge on any atom is -0.385 e. The molecule has 0 bridgehead atoms. The van der Waals surface area contributed by atoms with Gasteiger partial charge in [-0.15, -0.1) is 0 Å². The van der Waals surface area contributed by atoms with Crippen LogP contribution in [0.3, 0.4) is 0 Å². The molecule has 2 rings (SSSR count). The van der Waals surface area contributed by atoms with Crippen LogP contribution in [0.1, 0.15) is 12.0 Å². The first-order chi connectivity index (χ1) is 13.5. The van der Waals surface area contributed by atoms with Crippen LogP contribution < -0.4 is 5.32 Å². The zero-order valence-corrected chi connectivity index (χ0v) is 16.0. The van der Waals surface area contributed by atoms with Gasteiger partial charge >= 0.3 is 0 Å². The van der Waals surface area contributed by atoms with Crippen molar-refractivity contribution in [1.82, 2.24) is 15.1 Å². The summed E-state index contributed by atoms with van der Waals surface area (Å²) in [4.78, 5) is 38.3. The number of hydrogen-bond donors (Lipinski definition) is 1. The fraction of sp³-hybridized carbons (Fsp3) is 0.474. The van der Waals surface area contributed by atoms with Crippen molar-refractivity contribution in [1.29, 1.82) is 0 Å². The van der Waals surface area contributed by atoms with E-state index in [0.717, 1.165) is 6.42 Å². The van der Waals surface area contributed by atoms with E-state index in [9.17, 15) is 19.7 Å². The number of nitro groups is 1. The van der Waals surface area contributed by atoms with E-state index in [4.69, 9.17) is 4.74 Å². The number of non-ortho nitro benzene ring substituents is 1. The molecular weight excluding hydrogens is 364 g/mol. The molecule has 0 aromatic heterocycles. The lowest BCUT2D eigenvalue weighted by Gasteiger charge is -2.33. The van der Waals surface area contributed by atoms with Crippen molar-refractivity contribution in [3.8, 4) is 0 Å². The standard InChI is InChI=1S/C19H26N4O5/c1-28-13-3-8-20-18(24)15-21-9-11-22(12-10-21)19(25)7-6-16-4-2-5-17(14-16)23(26)27/h2,4-7,14H,3,8-13,15H2,1H3,(H,20,24)/b7-6+. The van der Waals surface area contributed by atoms with Crippen molar-refractivity contribution in [2.75, 3.05) is 53.0 Å². The van der Waals surface area contributed by atoms with Crippen LogP contribution in [0.25, 0.3) is 6.08 Å². The van der Waals surface area contributed by atoms with Gasteiger partial charge in [-0.3, -0.25) is 24.6 Å². The molecule has 1 N–H and O–H groups in total. The number of nitrogens with zero attached hydrogens (tertiary/aromatic N) is 3. The average molecular weight is 390 g/mol. The van der Waals surface area contributed by atoms with Crippen LogP contribution in [-0.2, 0) is 14.3 Å². The van der Waals surface area contributed by atoms with E-state index < -0.39 is 4.92 Å². The first-order valence-electron chi connectivity index (χ1n) is 9.19. The predicted molar refractivity (Wildman–Crippen MR) is 105 cm³/mol. The molecule has 0 saturated carbocycles. The summed E-state index contributed by atoms with van der Waals surface area (Å²) in [5.74, 6) is -0.170. The minimum atomic E-state index is -0.466. The third-order valence-corrected chi connectivity index (χ3v) is 4.40. The highest BCUT2D eigenvalue weighted by Crippen LogP contribution is 2.14. The normalized spacial score (nSPS) is 15.0. The second-order valence-electron chi connectivity index (χ2n) is 6.48. The second kappa shape index (κ2) is 11.2. The monoisotopic (exact) mass is 390 g/mol. The van der Waals surface area contributed by atoms with E-state index in [1.807, 2.05) is 4.90 Å². The lowest BCUT2D eigenvalue weighted by molar-refractivity contribution is -0.384. The summed E-state index contributed by atoms with van der Waals surface area (Å²) in [6, 6.07) is 6.13. The van der Waals surface area contributed by atoms with Gasteiger partial charge in [-0.05, 0) is 18.1 Å². The number of carbonyl (C=O) groups excluding carboxylic acids is 2. The highest BCUT2D eigenvalue weighted by molar-refractivity contribution is 5.92. The molecule has 0 radical (unpaired) electrons. The lowest BCUT2D eigenvalue weighted by Crippen LogP contribution is -2.50. The fourth-order valence-electron chi connectivity index (χ4n) is 2.84. The van der Waals surface area contributed by atoms with Crippen molar-refractivity contribution in [2.24, 2.45) is 0 Å². The number of piperazine rings is 1. The van der Waals surface area contributed by atoms with Crippen LogP contribution in [0.4, 0.5) is 5.69 Å². The first-order valence-corrected chi connectivity index (χ1v) is 9.19. The molecule has 1 heterocycles. The number of benzene rings is 1. The predicted octanol–water partition coefficient (Wildman–Crippen LogP) is 0.905. The van der Waals surface area contributed by atoms with Crippen LogP contribution in [0.2, 0.25) is 0 Å². The number of methoxy groups -OCH3 is 1. The van der Waals surface area contributed by atoms with E-state index in [0.29, 0.717) is 51.4 Å². The molecule has 1 fully saturated rings. The van der Waals surface area contributed by atoms with E-state index >= 15 is 0 Å². The molecule has 152 valence electrons. The van der Waals surface area contributed by atoms with Crippen LogP contribution >= 0.6 is 0 Å². The van der Waals surface area contributed by atoms with E-state index in [-0.39, 0.29) is 17.5 Å². The van der Waals surface area contributed by atoms with Gasteiger partial charge in [0.1, 0.15) is 0 Å². The molecule has 1 saturated heterocycles. The Bertz CT molecular complexity index is 714. The maximum Gasteiger partial charge on any atom is 0.270 e. The van der Waals surface area contributed by atoms with Gasteiger partial charge in [-0.2, -0.15) is 0 Å². The summed E-state index contributed by atoms with van der Waals surface area (Å²) in [5, 5.41) is 13.7. The Labute approximate surface area is 164 Å². The summed E-state index contributed by atoms with van der Waals surface area (Å²) in [5.41, 5.74) is 0.593. The molecule has 1 aromatic rings. The van der Waals surface area contributed by atoms with Gasteiger partial charge in [0.2, 0.25) is 11.8 Å². The van der Waals surface area contributed by atoms with E-state index in [1.165, 1.54) is 18.2 Å². The highest BCUT2D eigenvalue weighted by Gasteiger charge is 2.21. The number of ether oxygens (including phenoxy) is 1. The van der Waals surface area contributed by atoms with Gasteiger partial charge in [0.25, 0.3) is 5.69 Å². The Morgan fingerprint density at radius 2 is 2.04 bits per heavy atom. The van der Waals surface area contributed by atoms with Gasteiger partial charge in [0.15, 0.2) is 0 Å². The highest BCUT2D eigenvalue weighted by atomic mass is 16.6. The summed E-state index contributed by atoms with van der Waals surface area (Å²) in [6.45, 7) is 3.85. The van der Waals surface area contributed by atoms with Gasteiger partial charge in [0, 0.05) is 64.6 Å². The SMILES string of the molecule is COCCCNC(=O)CN1CCN(C(=O)/C=C/c2cccc([N+](=O)[O-])c2)CC1. The Morgan fingerprint density at radius 3 is 2.71 bits per heavy atom. The van der Waals surface area contributed by atoms with Crippen molar-refractivity contribution in [3.05, 3.63) is 46.0 Å². The van der Waals surface area contributed by atoms with Gasteiger partial charge in [-0.1, -0.05) is 12.1 Å². The number of rotatable bonds is 9.